The summed E-state index contributed by atoms with van der Waals surface area (Å²) in [4.78, 5) is 37.8. The zero-order chi connectivity index (χ0) is 16.4. The number of rotatable bonds is 4. The number of amides is 4. The number of carbonyl (C=O) groups is 3. The van der Waals surface area contributed by atoms with E-state index in [2.05, 4.69) is 17.6 Å². The normalized spacial score (nSPS) is 34.0. The third kappa shape index (κ3) is 3.34. The Bertz CT molecular complexity index is 494. The lowest BCUT2D eigenvalue weighted by Gasteiger charge is -2.33. The summed E-state index contributed by atoms with van der Waals surface area (Å²) in [7, 11) is 0. The Balaban J connectivity index is 1.54. The average molecular weight is 323 g/mol. The van der Waals surface area contributed by atoms with Gasteiger partial charge in [-0.15, -0.1) is 0 Å². The third-order valence-electron chi connectivity index (χ3n) is 5.23. The van der Waals surface area contributed by atoms with Gasteiger partial charge in [0.1, 0.15) is 12.1 Å². The first-order chi connectivity index (χ1) is 11.0. The third-order valence-corrected chi connectivity index (χ3v) is 5.23. The van der Waals surface area contributed by atoms with E-state index in [4.69, 9.17) is 4.74 Å². The zero-order valence-corrected chi connectivity index (χ0v) is 13.6. The zero-order valence-electron chi connectivity index (χ0n) is 13.6. The van der Waals surface area contributed by atoms with Crippen molar-refractivity contribution in [3.8, 4) is 0 Å². The molecule has 7 heteroatoms. The van der Waals surface area contributed by atoms with Gasteiger partial charge in [-0.2, -0.15) is 0 Å². The van der Waals surface area contributed by atoms with Crippen LogP contribution in [0.1, 0.15) is 45.4 Å². The number of ether oxygens (including phenoxy) is 1. The first-order valence-electron chi connectivity index (χ1n) is 8.52. The van der Waals surface area contributed by atoms with Gasteiger partial charge in [-0.25, -0.2) is 4.79 Å². The van der Waals surface area contributed by atoms with Crippen LogP contribution in [-0.2, 0) is 14.3 Å². The Hall–Kier alpha value is -1.63. The summed E-state index contributed by atoms with van der Waals surface area (Å²) in [6, 6.07) is -0.447. The summed E-state index contributed by atoms with van der Waals surface area (Å²) >= 11 is 0. The maximum Gasteiger partial charge on any atom is 0.325 e. The van der Waals surface area contributed by atoms with Crippen molar-refractivity contribution < 1.29 is 19.1 Å². The molecule has 1 saturated carbocycles. The molecule has 1 atom stereocenters. The van der Waals surface area contributed by atoms with Crippen molar-refractivity contribution in [2.24, 2.45) is 5.92 Å². The Morgan fingerprint density at radius 1 is 1.35 bits per heavy atom. The van der Waals surface area contributed by atoms with Crippen LogP contribution in [0.4, 0.5) is 4.79 Å². The summed E-state index contributed by atoms with van der Waals surface area (Å²) in [5.41, 5.74) is -0.779. The quantitative estimate of drug-likeness (QED) is 0.749. The summed E-state index contributed by atoms with van der Waals surface area (Å²) in [6.07, 6.45) is 5.16. The summed E-state index contributed by atoms with van der Waals surface area (Å²) in [6.45, 7) is 3.11. The van der Waals surface area contributed by atoms with Gasteiger partial charge >= 0.3 is 6.03 Å². The molecule has 2 aliphatic heterocycles. The minimum atomic E-state index is -0.779. The van der Waals surface area contributed by atoms with E-state index in [0.29, 0.717) is 25.3 Å². The van der Waals surface area contributed by atoms with Crippen molar-refractivity contribution in [3.05, 3.63) is 0 Å². The Morgan fingerprint density at radius 3 is 2.74 bits per heavy atom. The van der Waals surface area contributed by atoms with Crippen LogP contribution in [0.2, 0.25) is 0 Å². The molecule has 1 spiro atoms. The van der Waals surface area contributed by atoms with E-state index in [9.17, 15) is 14.4 Å². The smallest absolute Gasteiger partial charge is 0.325 e. The van der Waals surface area contributed by atoms with Gasteiger partial charge in [-0.05, 0) is 44.4 Å². The molecule has 3 aliphatic rings. The van der Waals surface area contributed by atoms with E-state index in [1.165, 1.54) is 0 Å². The summed E-state index contributed by atoms with van der Waals surface area (Å²) in [5.74, 6) is 0.0148. The highest BCUT2D eigenvalue weighted by atomic mass is 16.5. The van der Waals surface area contributed by atoms with E-state index < -0.39 is 11.6 Å². The number of urea groups is 1. The predicted molar refractivity (Wildman–Crippen MR) is 82.6 cm³/mol. The first kappa shape index (κ1) is 16.2. The van der Waals surface area contributed by atoms with E-state index in [1.807, 2.05) is 0 Å². The number of carbonyl (C=O) groups excluding carboxylic acids is 3. The molecule has 1 aliphatic carbocycles. The van der Waals surface area contributed by atoms with E-state index >= 15 is 0 Å². The molecule has 2 saturated heterocycles. The molecule has 0 aromatic rings. The van der Waals surface area contributed by atoms with Crippen molar-refractivity contribution in [1.29, 1.82) is 0 Å². The van der Waals surface area contributed by atoms with Gasteiger partial charge in [-0.1, -0.05) is 6.92 Å². The van der Waals surface area contributed by atoms with Crippen LogP contribution in [0.25, 0.3) is 0 Å². The maximum absolute atomic E-state index is 12.6. The molecule has 0 aromatic carbocycles. The van der Waals surface area contributed by atoms with E-state index in [1.54, 1.807) is 0 Å². The van der Waals surface area contributed by atoms with E-state index in [0.717, 1.165) is 37.2 Å². The minimum Gasteiger partial charge on any atom is -0.376 e. The second-order valence-electron chi connectivity index (χ2n) is 7.03. The fourth-order valence-electron chi connectivity index (χ4n) is 3.65. The molecule has 1 unspecified atom stereocenters. The molecule has 128 valence electrons. The maximum atomic E-state index is 12.6. The number of imide groups is 1. The number of hydrogen-bond acceptors (Lipinski definition) is 4. The standard InChI is InChI=1S/C16H25N3O4/c1-11-4-6-16(7-5-11)14(21)19(15(22)18-16)10-13(20)17-9-12-3-2-8-23-12/h11-12H,2-10H2,1H3,(H,17,20)(H,18,22). The average Bonchev–Trinajstić information content (AvgIpc) is 3.12. The predicted octanol–water partition coefficient (Wildman–Crippen LogP) is 0.782. The largest absolute Gasteiger partial charge is 0.376 e. The van der Waals surface area contributed by atoms with Gasteiger partial charge < -0.3 is 15.4 Å². The van der Waals surface area contributed by atoms with Gasteiger partial charge in [0.2, 0.25) is 5.91 Å². The molecule has 7 nitrogen and oxygen atoms in total. The van der Waals surface area contributed by atoms with Gasteiger partial charge in [0.05, 0.1) is 6.10 Å². The SMILES string of the molecule is CC1CCC2(CC1)NC(=O)N(CC(=O)NCC1CCCO1)C2=O. The molecule has 4 amide bonds. The van der Waals surface area contributed by atoms with Crippen molar-refractivity contribution >= 4 is 17.8 Å². The highest BCUT2D eigenvalue weighted by molar-refractivity contribution is 6.09. The van der Waals surface area contributed by atoms with Gasteiger partial charge in [0.25, 0.3) is 5.91 Å². The van der Waals surface area contributed by atoms with Crippen LogP contribution in [0.5, 0.6) is 0 Å². The molecule has 0 bridgehead atoms. The molecule has 3 rings (SSSR count). The molecule has 0 radical (unpaired) electrons. The first-order valence-corrected chi connectivity index (χ1v) is 8.52. The molecule has 23 heavy (non-hydrogen) atoms. The molecule has 2 heterocycles. The van der Waals surface area contributed by atoms with Crippen molar-refractivity contribution in [2.75, 3.05) is 19.7 Å². The topological polar surface area (TPSA) is 87.7 Å². The molecule has 3 fully saturated rings. The Morgan fingerprint density at radius 2 is 2.09 bits per heavy atom. The number of nitrogens with one attached hydrogen (secondary N) is 2. The van der Waals surface area contributed by atoms with Gasteiger partial charge in [0.15, 0.2) is 0 Å². The molecular weight excluding hydrogens is 298 g/mol. The molecular formula is C16H25N3O4. The van der Waals surface area contributed by atoms with Crippen molar-refractivity contribution in [1.82, 2.24) is 15.5 Å². The number of nitrogens with zero attached hydrogens (tertiary/aromatic N) is 1. The van der Waals surface area contributed by atoms with Gasteiger partial charge in [0, 0.05) is 13.2 Å². The van der Waals surface area contributed by atoms with Crippen molar-refractivity contribution in [2.45, 2.75) is 57.1 Å². The van der Waals surface area contributed by atoms with Gasteiger partial charge in [-0.3, -0.25) is 14.5 Å². The number of hydrogen-bond donors (Lipinski definition) is 2. The molecule has 0 aromatic heterocycles. The second-order valence-corrected chi connectivity index (χ2v) is 7.03. The fourth-order valence-corrected chi connectivity index (χ4v) is 3.65. The summed E-state index contributed by atoms with van der Waals surface area (Å²) < 4.78 is 5.44. The monoisotopic (exact) mass is 323 g/mol. The van der Waals surface area contributed by atoms with E-state index in [-0.39, 0.29) is 24.5 Å². The van der Waals surface area contributed by atoms with Crippen LogP contribution in [-0.4, -0.2) is 54.1 Å². The lowest BCUT2D eigenvalue weighted by atomic mass is 9.77. The van der Waals surface area contributed by atoms with Crippen LogP contribution in [0.15, 0.2) is 0 Å². The van der Waals surface area contributed by atoms with Crippen LogP contribution in [0.3, 0.4) is 0 Å². The Labute approximate surface area is 136 Å². The summed E-state index contributed by atoms with van der Waals surface area (Å²) in [5, 5.41) is 5.58. The fraction of sp³-hybridized carbons (Fsp3) is 0.812. The lowest BCUT2D eigenvalue weighted by molar-refractivity contribution is -0.136. The highest BCUT2D eigenvalue weighted by Crippen LogP contribution is 2.36. The van der Waals surface area contributed by atoms with Crippen LogP contribution in [0, 0.1) is 5.92 Å². The Kier molecular flexibility index (Phi) is 4.57. The molecule has 2 N–H and O–H groups in total. The van der Waals surface area contributed by atoms with Crippen LogP contribution >= 0.6 is 0 Å². The van der Waals surface area contributed by atoms with Crippen LogP contribution < -0.4 is 10.6 Å². The minimum absolute atomic E-state index is 0.0493. The second kappa shape index (κ2) is 6.47. The highest BCUT2D eigenvalue weighted by Gasteiger charge is 2.52. The van der Waals surface area contributed by atoms with Crippen molar-refractivity contribution in [3.63, 3.8) is 0 Å². The lowest BCUT2D eigenvalue weighted by Crippen LogP contribution is -2.50.